The highest BCUT2D eigenvalue weighted by Gasteiger charge is 2.58. The maximum absolute atomic E-state index is 12.6. The van der Waals surface area contributed by atoms with E-state index in [9.17, 15) is 9.59 Å². The number of rotatable bonds is 5. The van der Waals surface area contributed by atoms with Gasteiger partial charge in [0.25, 0.3) is 0 Å². The lowest BCUT2D eigenvalue weighted by Gasteiger charge is -2.26. The Morgan fingerprint density at radius 2 is 2.24 bits per heavy atom. The van der Waals surface area contributed by atoms with Gasteiger partial charge in [-0.2, -0.15) is 4.98 Å². The number of nitrogens with one attached hydrogen (secondary N) is 1. The van der Waals surface area contributed by atoms with E-state index in [2.05, 4.69) is 20.4 Å². The van der Waals surface area contributed by atoms with E-state index in [4.69, 9.17) is 4.52 Å². The van der Waals surface area contributed by atoms with Crippen molar-refractivity contribution in [3.63, 3.8) is 0 Å². The van der Waals surface area contributed by atoms with E-state index in [1.807, 2.05) is 30.9 Å². The Morgan fingerprint density at radius 3 is 2.90 bits per heavy atom. The Labute approximate surface area is 170 Å². The van der Waals surface area contributed by atoms with Crippen molar-refractivity contribution >= 4 is 11.8 Å². The molecule has 0 bridgehead atoms. The fraction of sp³-hybridized carbons (Fsp3) is 0.571. The number of amides is 2. The second-order valence-corrected chi connectivity index (χ2v) is 8.62. The molecule has 1 N–H and O–H groups in total. The van der Waals surface area contributed by atoms with Gasteiger partial charge in [0.15, 0.2) is 5.82 Å². The second kappa shape index (κ2) is 7.57. The van der Waals surface area contributed by atoms with Crippen molar-refractivity contribution in [3.05, 3.63) is 41.8 Å². The minimum absolute atomic E-state index is 0.0186. The number of hydrogen-bond acceptors (Lipinski definition) is 6. The van der Waals surface area contributed by atoms with Crippen molar-refractivity contribution in [1.29, 1.82) is 0 Å². The van der Waals surface area contributed by atoms with Crippen molar-refractivity contribution in [2.45, 2.75) is 51.5 Å². The number of aryl methyl sites for hydroxylation is 1. The van der Waals surface area contributed by atoms with E-state index in [0.29, 0.717) is 37.6 Å². The smallest absolute Gasteiger partial charge is 0.235 e. The highest BCUT2D eigenvalue weighted by Crippen LogP contribution is 2.50. The third-order valence-corrected chi connectivity index (χ3v) is 6.09. The first-order valence-electron chi connectivity index (χ1n) is 10.2. The molecule has 2 aromatic rings. The summed E-state index contributed by atoms with van der Waals surface area (Å²) in [4.78, 5) is 35.6. The topological polar surface area (TPSA) is 101 Å². The van der Waals surface area contributed by atoms with Gasteiger partial charge in [-0.05, 0) is 37.3 Å². The van der Waals surface area contributed by atoms with E-state index in [0.717, 1.165) is 12.0 Å². The van der Waals surface area contributed by atoms with Gasteiger partial charge in [0.1, 0.15) is 0 Å². The number of likely N-dealkylation sites (tertiary alicyclic amines) is 1. The molecule has 1 saturated heterocycles. The molecule has 154 valence electrons. The van der Waals surface area contributed by atoms with Crippen molar-refractivity contribution in [2.75, 3.05) is 13.1 Å². The molecular weight excluding hydrogens is 370 g/mol. The maximum Gasteiger partial charge on any atom is 0.235 e. The summed E-state index contributed by atoms with van der Waals surface area (Å²) in [6.07, 6.45) is 5.20. The molecule has 1 aliphatic carbocycles. The zero-order valence-electron chi connectivity index (χ0n) is 17.1. The van der Waals surface area contributed by atoms with Gasteiger partial charge in [-0.3, -0.25) is 14.6 Å². The molecule has 3 heterocycles. The van der Waals surface area contributed by atoms with Crippen LogP contribution in [-0.2, 0) is 21.4 Å². The molecule has 0 aromatic carbocycles. The van der Waals surface area contributed by atoms with E-state index in [-0.39, 0.29) is 29.7 Å². The first-order chi connectivity index (χ1) is 13.9. The third-order valence-electron chi connectivity index (χ3n) is 6.09. The van der Waals surface area contributed by atoms with Crippen LogP contribution in [0.1, 0.15) is 44.0 Å². The Morgan fingerprint density at radius 1 is 1.41 bits per heavy atom. The van der Waals surface area contributed by atoms with Crippen LogP contribution in [0.3, 0.4) is 0 Å². The van der Waals surface area contributed by atoms with Crippen molar-refractivity contribution < 1.29 is 14.1 Å². The zero-order valence-corrected chi connectivity index (χ0v) is 17.1. The number of nitrogens with zero attached hydrogens (tertiary/aromatic N) is 4. The molecule has 0 radical (unpaired) electrons. The van der Waals surface area contributed by atoms with Gasteiger partial charge in [-0.1, -0.05) is 25.1 Å². The fourth-order valence-electron chi connectivity index (χ4n) is 4.81. The fourth-order valence-corrected chi connectivity index (χ4v) is 4.81. The first-order valence-corrected chi connectivity index (χ1v) is 10.2. The summed E-state index contributed by atoms with van der Waals surface area (Å²) in [6.45, 7) is 6.86. The van der Waals surface area contributed by atoms with Gasteiger partial charge < -0.3 is 14.7 Å². The lowest BCUT2D eigenvalue weighted by Crippen LogP contribution is -2.40. The third kappa shape index (κ3) is 3.75. The molecule has 1 aliphatic heterocycles. The van der Waals surface area contributed by atoms with Crippen LogP contribution in [0, 0.1) is 18.8 Å². The lowest BCUT2D eigenvalue weighted by atomic mass is 9.80. The molecule has 4 rings (SSSR count). The monoisotopic (exact) mass is 397 g/mol. The molecular formula is C21H27N5O3. The summed E-state index contributed by atoms with van der Waals surface area (Å²) in [5.74, 6) is 1.44. The van der Waals surface area contributed by atoms with Gasteiger partial charge in [0.05, 0.1) is 11.8 Å². The molecule has 1 saturated carbocycles. The molecule has 2 amide bonds. The van der Waals surface area contributed by atoms with Crippen LogP contribution in [0.25, 0.3) is 0 Å². The SMILES string of the molecule is Cc1noc([C@]23C[C@H](NC(=O)Cc4cccnc4)C[C@H]2CN(C(=O)C(C)C)C3)n1. The number of carbonyl (C=O) groups excluding carboxylic acids is 2. The Balaban J connectivity index is 1.50. The van der Waals surface area contributed by atoms with Gasteiger partial charge in [0.2, 0.25) is 17.7 Å². The summed E-state index contributed by atoms with van der Waals surface area (Å²) < 4.78 is 5.57. The van der Waals surface area contributed by atoms with E-state index in [1.54, 1.807) is 19.3 Å². The van der Waals surface area contributed by atoms with E-state index >= 15 is 0 Å². The van der Waals surface area contributed by atoms with Crippen LogP contribution in [0.4, 0.5) is 0 Å². The predicted molar refractivity (Wildman–Crippen MR) is 105 cm³/mol. The number of hydrogen-bond donors (Lipinski definition) is 1. The van der Waals surface area contributed by atoms with E-state index < -0.39 is 5.41 Å². The summed E-state index contributed by atoms with van der Waals surface area (Å²) in [7, 11) is 0. The minimum Gasteiger partial charge on any atom is -0.353 e. The second-order valence-electron chi connectivity index (χ2n) is 8.62. The van der Waals surface area contributed by atoms with Crippen LogP contribution in [0.5, 0.6) is 0 Å². The maximum atomic E-state index is 12.6. The summed E-state index contributed by atoms with van der Waals surface area (Å²) in [5.41, 5.74) is 0.497. The van der Waals surface area contributed by atoms with Crippen LogP contribution in [0.15, 0.2) is 29.0 Å². The molecule has 8 nitrogen and oxygen atoms in total. The molecule has 8 heteroatoms. The van der Waals surface area contributed by atoms with Crippen molar-refractivity contribution in [3.8, 4) is 0 Å². The van der Waals surface area contributed by atoms with Crippen LogP contribution >= 0.6 is 0 Å². The minimum atomic E-state index is -0.391. The average Bonchev–Trinajstić information content (AvgIpc) is 3.34. The van der Waals surface area contributed by atoms with E-state index in [1.165, 1.54) is 0 Å². The van der Waals surface area contributed by atoms with Crippen LogP contribution in [-0.4, -0.2) is 51.0 Å². The van der Waals surface area contributed by atoms with Gasteiger partial charge >= 0.3 is 0 Å². The molecule has 29 heavy (non-hydrogen) atoms. The van der Waals surface area contributed by atoms with Gasteiger partial charge in [-0.25, -0.2) is 0 Å². The van der Waals surface area contributed by atoms with Crippen molar-refractivity contribution in [1.82, 2.24) is 25.3 Å². The predicted octanol–water partition coefficient (Wildman–Crippen LogP) is 1.65. The molecule has 0 spiro atoms. The number of carbonyl (C=O) groups is 2. The quantitative estimate of drug-likeness (QED) is 0.823. The molecule has 2 fully saturated rings. The summed E-state index contributed by atoms with van der Waals surface area (Å²) in [5, 5.41) is 7.14. The zero-order chi connectivity index (χ0) is 20.6. The highest BCUT2D eigenvalue weighted by atomic mass is 16.5. The average molecular weight is 397 g/mol. The van der Waals surface area contributed by atoms with Gasteiger partial charge in [-0.15, -0.1) is 0 Å². The largest absolute Gasteiger partial charge is 0.353 e. The molecule has 0 unspecified atom stereocenters. The molecule has 2 aliphatic rings. The molecule has 3 atom stereocenters. The Bertz CT molecular complexity index is 897. The summed E-state index contributed by atoms with van der Waals surface area (Å²) >= 11 is 0. The number of fused-ring (bicyclic) bond motifs is 1. The normalized spacial score (nSPS) is 26.0. The number of pyridine rings is 1. The van der Waals surface area contributed by atoms with Crippen molar-refractivity contribution in [2.24, 2.45) is 11.8 Å². The first kappa shape index (κ1) is 19.5. The Hall–Kier alpha value is -2.77. The summed E-state index contributed by atoms with van der Waals surface area (Å²) in [6, 6.07) is 3.75. The standard InChI is InChI=1S/C21H27N5O3/c1-13(2)19(28)26-11-16-8-17(24-18(27)7-15-5-4-6-22-10-15)9-21(16,12-26)20-23-14(3)25-29-20/h4-6,10,13,16-17H,7-9,11-12H2,1-3H3,(H,24,27)/t16-,17+,21-/m0/s1. The van der Waals surface area contributed by atoms with Crippen LogP contribution in [0.2, 0.25) is 0 Å². The van der Waals surface area contributed by atoms with Gasteiger partial charge in [0, 0.05) is 37.4 Å². The Kier molecular flexibility index (Phi) is 5.10. The van der Waals surface area contributed by atoms with Crippen LogP contribution < -0.4 is 5.32 Å². The highest BCUT2D eigenvalue weighted by molar-refractivity contribution is 5.79. The number of aromatic nitrogens is 3. The lowest BCUT2D eigenvalue weighted by molar-refractivity contribution is -0.134. The molecule has 2 aromatic heterocycles.